The molecule has 110 valence electrons. The van der Waals surface area contributed by atoms with Crippen LogP contribution in [-0.4, -0.2) is 38.7 Å². The van der Waals surface area contributed by atoms with Crippen molar-refractivity contribution in [2.24, 2.45) is 0 Å². The number of hydrogen-bond donors (Lipinski definition) is 2. The van der Waals surface area contributed by atoms with Crippen LogP contribution < -0.4 is 4.72 Å². The summed E-state index contributed by atoms with van der Waals surface area (Å²) < 4.78 is 32.5. The van der Waals surface area contributed by atoms with E-state index >= 15 is 0 Å². The number of aromatic carboxylic acids is 1. The van der Waals surface area contributed by atoms with E-state index in [2.05, 4.69) is 20.7 Å². The normalized spacial score (nSPS) is 19.8. The minimum Gasteiger partial charge on any atom is -0.478 e. The minimum atomic E-state index is -3.70. The quantitative estimate of drug-likeness (QED) is 0.847. The van der Waals surface area contributed by atoms with Crippen LogP contribution in [0.5, 0.6) is 0 Å². The van der Waals surface area contributed by atoms with Crippen LogP contribution in [0.15, 0.2) is 27.6 Å². The lowest BCUT2D eigenvalue weighted by Gasteiger charge is -2.23. The summed E-state index contributed by atoms with van der Waals surface area (Å²) in [5.74, 6) is -1.11. The first-order chi connectivity index (χ1) is 9.40. The third-order valence-corrected chi connectivity index (χ3v) is 5.45. The zero-order chi connectivity index (χ0) is 14.8. The van der Waals surface area contributed by atoms with Crippen molar-refractivity contribution >= 4 is 31.9 Å². The van der Waals surface area contributed by atoms with Gasteiger partial charge in [0.25, 0.3) is 0 Å². The molecule has 2 rings (SSSR count). The van der Waals surface area contributed by atoms with Gasteiger partial charge in [0.05, 0.1) is 17.1 Å². The van der Waals surface area contributed by atoms with Gasteiger partial charge in [-0.3, -0.25) is 0 Å². The van der Waals surface area contributed by atoms with Crippen LogP contribution >= 0.6 is 15.9 Å². The molecule has 0 aliphatic carbocycles. The van der Waals surface area contributed by atoms with E-state index in [0.717, 1.165) is 12.8 Å². The number of halogens is 1. The van der Waals surface area contributed by atoms with E-state index in [9.17, 15) is 13.2 Å². The van der Waals surface area contributed by atoms with Gasteiger partial charge in [-0.25, -0.2) is 17.9 Å². The van der Waals surface area contributed by atoms with Crippen LogP contribution in [0.1, 0.15) is 23.2 Å². The highest BCUT2D eigenvalue weighted by Crippen LogP contribution is 2.24. The molecule has 1 aliphatic rings. The summed E-state index contributed by atoms with van der Waals surface area (Å²) in [7, 11) is -3.70. The van der Waals surface area contributed by atoms with E-state index in [4.69, 9.17) is 9.84 Å². The number of ether oxygens (including phenoxy) is 1. The number of sulfonamides is 1. The fourth-order valence-electron chi connectivity index (χ4n) is 1.97. The van der Waals surface area contributed by atoms with Crippen LogP contribution in [0.25, 0.3) is 0 Å². The highest BCUT2D eigenvalue weighted by Gasteiger charge is 2.24. The second-order valence-corrected chi connectivity index (χ2v) is 7.02. The average Bonchev–Trinajstić information content (AvgIpc) is 2.38. The maximum atomic E-state index is 12.3. The molecule has 1 atom stereocenters. The van der Waals surface area contributed by atoms with Crippen LogP contribution in [0, 0.1) is 0 Å². The number of benzene rings is 1. The van der Waals surface area contributed by atoms with Gasteiger partial charge in [0.1, 0.15) is 0 Å². The van der Waals surface area contributed by atoms with E-state index < -0.39 is 16.0 Å². The zero-order valence-electron chi connectivity index (χ0n) is 10.5. The summed E-state index contributed by atoms with van der Waals surface area (Å²) in [5.41, 5.74) is 0.0248. The summed E-state index contributed by atoms with van der Waals surface area (Å²) in [5, 5.41) is 8.86. The fraction of sp³-hybridized carbons (Fsp3) is 0.417. The molecule has 1 aromatic rings. The summed E-state index contributed by atoms with van der Waals surface area (Å²) in [4.78, 5) is 10.8. The van der Waals surface area contributed by atoms with Crippen molar-refractivity contribution in [1.82, 2.24) is 4.72 Å². The van der Waals surface area contributed by atoms with Crippen LogP contribution in [0.4, 0.5) is 0 Å². The lowest BCUT2D eigenvalue weighted by molar-refractivity contribution is 0.0696. The Morgan fingerprint density at radius 2 is 2.20 bits per heavy atom. The molecule has 1 aliphatic heterocycles. The second-order valence-electron chi connectivity index (χ2n) is 4.49. The molecule has 2 N–H and O–H groups in total. The van der Waals surface area contributed by atoms with Crippen molar-refractivity contribution in [3.63, 3.8) is 0 Å². The van der Waals surface area contributed by atoms with Gasteiger partial charge >= 0.3 is 5.97 Å². The van der Waals surface area contributed by atoms with Crippen molar-refractivity contribution in [2.75, 3.05) is 13.2 Å². The van der Waals surface area contributed by atoms with Gasteiger partial charge in [0.2, 0.25) is 10.0 Å². The Morgan fingerprint density at radius 3 is 2.75 bits per heavy atom. The number of rotatable bonds is 4. The van der Waals surface area contributed by atoms with Crippen molar-refractivity contribution < 1.29 is 23.1 Å². The average molecular weight is 364 g/mol. The molecule has 20 heavy (non-hydrogen) atoms. The molecule has 1 unspecified atom stereocenters. The number of nitrogens with one attached hydrogen (secondary N) is 1. The highest BCUT2D eigenvalue weighted by atomic mass is 79.9. The summed E-state index contributed by atoms with van der Waals surface area (Å²) >= 11 is 3.10. The van der Waals surface area contributed by atoms with E-state index in [1.165, 1.54) is 18.2 Å². The molecule has 0 saturated carbocycles. The van der Waals surface area contributed by atoms with Gasteiger partial charge in [0.15, 0.2) is 0 Å². The van der Waals surface area contributed by atoms with E-state index in [1.54, 1.807) is 0 Å². The van der Waals surface area contributed by atoms with Gasteiger partial charge < -0.3 is 9.84 Å². The predicted octanol–water partition coefficient (Wildman–Crippen LogP) is 1.60. The van der Waals surface area contributed by atoms with E-state index in [1.807, 2.05) is 0 Å². The molecular weight excluding hydrogens is 350 g/mol. The van der Waals surface area contributed by atoms with Gasteiger partial charge in [-0.05, 0) is 47.0 Å². The molecule has 1 heterocycles. The summed E-state index contributed by atoms with van der Waals surface area (Å²) in [6.07, 6.45) is 1.54. The maximum Gasteiger partial charge on any atom is 0.335 e. The number of carbonyl (C=O) groups is 1. The SMILES string of the molecule is O=C(O)c1ccc(S(=O)(=O)NC2CCCOC2)c(Br)c1. The Morgan fingerprint density at radius 1 is 1.45 bits per heavy atom. The van der Waals surface area contributed by atoms with E-state index in [-0.39, 0.29) is 21.0 Å². The summed E-state index contributed by atoms with van der Waals surface area (Å²) in [6.45, 7) is 0.999. The molecule has 0 radical (unpaired) electrons. The highest BCUT2D eigenvalue weighted by molar-refractivity contribution is 9.10. The third kappa shape index (κ3) is 3.57. The Balaban J connectivity index is 2.22. The first-order valence-electron chi connectivity index (χ1n) is 6.03. The molecular formula is C12H14BrNO5S. The van der Waals surface area contributed by atoms with Crippen molar-refractivity contribution in [3.05, 3.63) is 28.2 Å². The molecule has 0 amide bonds. The van der Waals surface area contributed by atoms with Gasteiger partial charge in [-0.1, -0.05) is 0 Å². The Kier molecular flexibility index (Phi) is 4.79. The Labute approximate surface area is 125 Å². The van der Waals surface area contributed by atoms with Gasteiger partial charge in [-0.15, -0.1) is 0 Å². The van der Waals surface area contributed by atoms with Crippen molar-refractivity contribution in [2.45, 2.75) is 23.8 Å². The maximum absolute atomic E-state index is 12.3. The standard InChI is InChI=1S/C12H14BrNO5S/c13-10-6-8(12(15)16)3-4-11(10)20(17,18)14-9-2-1-5-19-7-9/h3-4,6,9,14H,1-2,5,7H2,(H,15,16). The first kappa shape index (κ1) is 15.4. The van der Waals surface area contributed by atoms with Crippen LogP contribution in [0.3, 0.4) is 0 Å². The zero-order valence-corrected chi connectivity index (χ0v) is 12.9. The molecule has 1 saturated heterocycles. The summed E-state index contributed by atoms with van der Waals surface area (Å²) in [6, 6.07) is 3.56. The van der Waals surface area contributed by atoms with Crippen molar-refractivity contribution in [3.8, 4) is 0 Å². The molecule has 1 aromatic carbocycles. The second kappa shape index (κ2) is 6.21. The topological polar surface area (TPSA) is 92.7 Å². The third-order valence-electron chi connectivity index (χ3n) is 2.95. The Hall–Kier alpha value is -0.960. The van der Waals surface area contributed by atoms with Crippen molar-refractivity contribution in [1.29, 1.82) is 0 Å². The molecule has 6 nitrogen and oxygen atoms in total. The lowest BCUT2D eigenvalue weighted by atomic mass is 10.1. The molecule has 1 fully saturated rings. The molecule has 8 heteroatoms. The minimum absolute atomic E-state index is 0.0214. The molecule has 0 aromatic heterocycles. The Bertz CT molecular complexity index is 610. The predicted molar refractivity (Wildman–Crippen MR) is 75.3 cm³/mol. The number of hydrogen-bond acceptors (Lipinski definition) is 4. The van der Waals surface area contributed by atoms with E-state index in [0.29, 0.717) is 13.2 Å². The van der Waals surface area contributed by atoms with Gasteiger partial charge in [0, 0.05) is 17.1 Å². The van der Waals surface area contributed by atoms with Gasteiger partial charge in [-0.2, -0.15) is 0 Å². The smallest absolute Gasteiger partial charge is 0.335 e. The molecule has 0 spiro atoms. The fourth-order valence-corrected chi connectivity index (χ4v) is 4.30. The van der Waals surface area contributed by atoms with Crippen LogP contribution in [-0.2, 0) is 14.8 Å². The monoisotopic (exact) mass is 363 g/mol. The number of carboxylic acids is 1. The first-order valence-corrected chi connectivity index (χ1v) is 8.31. The number of carboxylic acid groups (broad SMARTS) is 1. The van der Waals surface area contributed by atoms with Crippen LogP contribution in [0.2, 0.25) is 0 Å². The molecule has 0 bridgehead atoms. The lowest BCUT2D eigenvalue weighted by Crippen LogP contribution is -2.40. The largest absolute Gasteiger partial charge is 0.478 e.